The molecular weight excluding hydrogens is 397 g/mol. The molecule has 2 aliphatic heterocycles. The third kappa shape index (κ3) is 6.79. The van der Waals surface area contributed by atoms with E-state index in [-0.39, 0.29) is 5.82 Å². The number of hydrogen-bond acceptors (Lipinski definition) is 5. The zero-order valence-electron chi connectivity index (χ0n) is 19.4. The number of rotatable bonds is 7. The predicted molar refractivity (Wildman–Crippen MR) is 122 cm³/mol. The number of benzene rings is 1. The van der Waals surface area contributed by atoms with Crippen LogP contribution in [0.15, 0.2) is 23.2 Å². The van der Waals surface area contributed by atoms with Gasteiger partial charge in [0.15, 0.2) is 17.5 Å². The van der Waals surface area contributed by atoms with Gasteiger partial charge in [-0.15, -0.1) is 0 Å². The van der Waals surface area contributed by atoms with E-state index in [4.69, 9.17) is 9.47 Å². The van der Waals surface area contributed by atoms with E-state index in [1.807, 2.05) is 13.1 Å². The van der Waals surface area contributed by atoms with Gasteiger partial charge in [-0.05, 0) is 44.4 Å². The molecule has 2 saturated heterocycles. The monoisotopic (exact) mass is 435 g/mol. The second-order valence-electron chi connectivity index (χ2n) is 8.63. The van der Waals surface area contributed by atoms with Crippen LogP contribution in [0.1, 0.15) is 32.3 Å². The Kier molecular flexibility index (Phi) is 8.92. The second kappa shape index (κ2) is 11.6. The number of hydrogen-bond donors (Lipinski definition) is 2. The van der Waals surface area contributed by atoms with Crippen molar-refractivity contribution in [1.82, 2.24) is 20.4 Å². The number of ether oxygens (including phenoxy) is 2. The highest BCUT2D eigenvalue weighted by molar-refractivity contribution is 5.80. The van der Waals surface area contributed by atoms with Gasteiger partial charge in [0.25, 0.3) is 0 Å². The van der Waals surface area contributed by atoms with Gasteiger partial charge in [-0.2, -0.15) is 0 Å². The topological polar surface area (TPSA) is 61.4 Å². The van der Waals surface area contributed by atoms with Gasteiger partial charge >= 0.3 is 0 Å². The molecule has 0 aliphatic carbocycles. The number of halogens is 1. The molecule has 7 nitrogen and oxygen atoms in total. The number of aliphatic imine (C=N–C) groups is 1. The molecule has 1 aromatic carbocycles. The maximum atomic E-state index is 13.9. The summed E-state index contributed by atoms with van der Waals surface area (Å²) in [5.74, 6) is 0.860. The van der Waals surface area contributed by atoms with Gasteiger partial charge in [-0.1, -0.05) is 6.07 Å². The molecule has 0 amide bonds. The molecular formula is C23H38FN5O2. The summed E-state index contributed by atoms with van der Waals surface area (Å²) in [5, 5.41) is 7.07. The number of piperidine rings is 1. The first-order valence-electron chi connectivity index (χ1n) is 11.4. The fraction of sp³-hybridized carbons (Fsp3) is 0.696. The van der Waals surface area contributed by atoms with Crippen molar-refractivity contribution < 1.29 is 13.9 Å². The number of nitrogens with one attached hydrogen (secondary N) is 2. The Morgan fingerprint density at radius 2 is 2.10 bits per heavy atom. The SMILES string of the molecule is CN=C(NCC(C)N1CCOCC1C)NC1CCN(Cc2ccc(OC)c(F)c2)CC1. The third-order valence-electron chi connectivity index (χ3n) is 6.32. The Morgan fingerprint density at radius 1 is 1.32 bits per heavy atom. The Morgan fingerprint density at radius 3 is 2.74 bits per heavy atom. The van der Waals surface area contributed by atoms with Gasteiger partial charge in [0.1, 0.15) is 0 Å². The van der Waals surface area contributed by atoms with E-state index >= 15 is 0 Å². The number of likely N-dealkylation sites (tertiary alicyclic amines) is 1. The lowest BCUT2D eigenvalue weighted by molar-refractivity contribution is -0.0174. The standard InChI is InChI=1S/C23H38FN5O2/c1-17(29-11-12-31-16-18(29)2)14-26-23(25-3)27-20-7-9-28(10-8-20)15-19-5-6-22(30-4)21(24)13-19/h5-6,13,17-18,20H,7-12,14-16H2,1-4H3,(H2,25,26,27). The minimum atomic E-state index is -0.299. The van der Waals surface area contributed by atoms with Crippen LogP contribution in [0.5, 0.6) is 5.75 Å². The van der Waals surface area contributed by atoms with Crippen molar-refractivity contribution in [3.05, 3.63) is 29.6 Å². The van der Waals surface area contributed by atoms with Crippen molar-refractivity contribution in [3.63, 3.8) is 0 Å². The lowest BCUT2D eigenvalue weighted by Crippen LogP contribution is -2.54. The summed E-state index contributed by atoms with van der Waals surface area (Å²) in [6.45, 7) is 10.6. The lowest BCUT2D eigenvalue weighted by atomic mass is 10.0. The van der Waals surface area contributed by atoms with Crippen LogP contribution in [-0.4, -0.2) is 87.4 Å². The summed E-state index contributed by atoms with van der Waals surface area (Å²) in [6, 6.07) is 6.48. The van der Waals surface area contributed by atoms with E-state index in [2.05, 4.69) is 39.3 Å². The molecule has 2 fully saturated rings. The molecule has 0 bridgehead atoms. The predicted octanol–water partition coefficient (Wildman–Crippen LogP) is 2.07. The highest BCUT2D eigenvalue weighted by Crippen LogP contribution is 2.20. The van der Waals surface area contributed by atoms with E-state index in [1.54, 1.807) is 12.1 Å². The molecule has 2 unspecified atom stereocenters. The van der Waals surface area contributed by atoms with E-state index in [9.17, 15) is 4.39 Å². The summed E-state index contributed by atoms with van der Waals surface area (Å²) < 4.78 is 24.5. The molecule has 0 radical (unpaired) electrons. The third-order valence-corrected chi connectivity index (χ3v) is 6.32. The van der Waals surface area contributed by atoms with Crippen LogP contribution in [-0.2, 0) is 11.3 Å². The number of morpholine rings is 1. The highest BCUT2D eigenvalue weighted by atomic mass is 19.1. The first-order valence-corrected chi connectivity index (χ1v) is 11.4. The Balaban J connectivity index is 1.40. The molecule has 8 heteroatoms. The molecule has 3 rings (SSSR count). The first kappa shape index (κ1) is 23.8. The average molecular weight is 436 g/mol. The fourth-order valence-electron chi connectivity index (χ4n) is 4.45. The van der Waals surface area contributed by atoms with Crippen molar-refractivity contribution in [2.24, 2.45) is 4.99 Å². The number of nitrogens with zero attached hydrogens (tertiary/aromatic N) is 3. The van der Waals surface area contributed by atoms with Crippen LogP contribution in [0.3, 0.4) is 0 Å². The van der Waals surface area contributed by atoms with Gasteiger partial charge in [0.2, 0.25) is 0 Å². The maximum absolute atomic E-state index is 13.9. The smallest absolute Gasteiger partial charge is 0.191 e. The van der Waals surface area contributed by atoms with Crippen LogP contribution in [0.2, 0.25) is 0 Å². The van der Waals surface area contributed by atoms with E-state index in [1.165, 1.54) is 7.11 Å². The molecule has 2 aliphatic rings. The summed E-state index contributed by atoms with van der Waals surface area (Å²) in [6.07, 6.45) is 2.07. The minimum absolute atomic E-state index is 0.294. The maximum Gasteiger partial charge on any atom is 0.191 e. The summed E-state index contributed by atoms with van der Waals surface area (Å²) in [7, 11) is 3.31. The van der Waals surface area contributed by atoms with Gasteiger partial charge in [0, 0.05) is 57.9 Å². The van der Waals surface area contributed by atoms with E-state index < -0.39 is 0 Å². The molecule has 31 heavy (non-hydrogen) atoms. The quantitative estimate of drug-likeness (QED) is 0.505. The summed E-state index contributed by atoms with van der Waals surface area (Å²) in [4.78, 5) is 9.28. The largest absolute Gasteiger partial charge is 0.494 e. The van der Waals surface area contributed by atoms with Gasteiger partial charge in [0.05, 0.1) is 20.3 Å². The van der Waals surface area contributed by atoms with Gasteiger partial charge < -0.3 is 20.1 Å². The summed E-state index contributed by atoms with van der Waals surface area (Å²) >= 11 is 0. The van der Waals surface area contributed by atoms with Crippen LogP contribution in [0, 0.1) is 5.82 Å². The molecule has 0 saturated carbocycles. The molecule has 0 spiro atoms. The Labute approximate surface area is 186 Å². The van der Waals surface area contributed by atoms with Crippen molar-refractivity contribution in [2.45, 2.75) is 51.4 Å². The summed E-state index contributed by atoms with van der Waals surface area (Å²) in [5.41, 5.74) is 0.980. The zero-order valence-corrected chi connectivity index (χ0v) is 19.4. The molecule has 174 valence electrons. The molecule has 2 atom stereocenters. The molecule has 2 heterocycles. The van der Waals surface area contributed by atoms with Crippen LogP contribution in [0.25, 0.3) is 0 Å². The van der Waals surface area contributed by atoms with E-state index in [0.29, 0.717) is 23.9 Å². The highest BCUT2D eigenvalue weighted by Gasteiger charge is 2.24. The zero-order chi connectivity index (χ0) is 22.2. The van der Waals surface area contributed by atoms with Gasteiger partial charge in [-0.25, -0.2) is 4.39 Å². The van der Waals surface area contributed by atoms with Crippen LogP contribution >= 0.6 is 0 Å². The fourth-order valence-corrected chi connectivity index (χ4v) is 4.45. The van der Waals surface area contributed by atoms with Gasteiger partial charge in [-0.3, -0.25) is 14.8 Å². The molecule has 2 N–H and O–H groups in total. The Hall–Kier alpha value is -1.90. The number of guanidine groups is 1. The second-order valence-corrected chi connectivity index (χ2v) is 8.63. The molecule has 0 aromatic heterocycles. The van der Waals surface area contributed by atoms with Crippen molar-refractivity contribution >= 4 is 5.96 Å². The average Bonchev–Trinajstić information content (AvgIpc) is 2.78. The van der Waals surface area contributed by atoms with Crippen molar-refractivity contribution in [2.75, 3.05) is 53.6 Å². The minimum Gasteiger partial charge on any atom is -0.494 e. The number of methoxy groups -OCH3 is 1. The first-order chi connectivity index (χ1) is 15.0. The normalized spacial score (nSPS) is 22.9. The Bertz CT molecular complexity index is 724. The van der Waals surface area contributed by atoms with Crippen LogP contribution < -0.4 is 15.4 Å². The molecule has 1 aromatic rings. The van der Waals surface area contributed by atoms with Crippen molar-refractivity contribution in [1.29, 1.82) is 0 Å². The van der Waals surface area contributed by atoms with E-state index in [0.717, 1.165) is 70.3 Å². The van der Waals surface area contributed by atoms with Crippen LogP contribution in [0.4, 0.5) is 4.39 Å². The van der Waals surface area contributed by atoms with Crippen molar-refractivity contribution in [3.8, 4) is 5.75 Å². The lowest BCUT2D eigenvalue weighted by Gasteiger charge is -2.38.